The van der Waals surface area contributed by atoms with Crippen LogP contribution in [0.25, 0.3) is 0 Å². The fourth-order valence-corrected chi connectivity index (χ4v) is 2.38. The van der Waals surface area contributed by atoms with Gasteiger partial charge in [0.05, 0.1) is 17.3 Å². The Hall–Kier alpha value is -0.835. The molecule has 1 aliphatic rings. The topological polar surface area (TPSA) is 38.7 Å². The Bertz CT molecular complexity index is 478. The molecular weight excluding hydrogens is 251 g/mol. The summed E-state index contributed by atoms with van der Waals surface area (Å²) in [5, 5.41) is 9.54. The molecule has 1 aliphatic heterocycles. The number of hydrogen-bond donors (Lipinski definition) is 1. The van der Waals surface area contributed by atoms with Gasteiger partial charge >= 0.3 is 7.12 Å². The van der Waals surface area contributed by atoms with Crippen molar-refractivity contribution >= 4 is 12.6 Å². The maximum Gasteiger partial charge on any atom is 0.495 e. The van der Waals surface area contributed by atoms with Crippen LogP contribution >= 0.6 is 0 Å². The largest absolute Gasteiger partial charge is 0.495 e. The van der Waals surface area contributed by atoms with Crippen LogP contribution in [0.4, 0.5) is 0 Å². The molecule has 0 saturated carbocycles. The van der Waals surface area contributed by atoms with Crippen molar-refractivity contribution in [2.75, 3.05) is 0 Å². The number of aliphatic hydroxyl groups is 1. The molecule has 4 heteroatoms. The van der Waals surface area contributed by atoms with E-state index < -0.39 is 0 Å². The summed E-state index contributed by atoms with van der Waals surface area (Å²) in [5.74, 6) is 0. The minimum Gasteiger partial charge on any atom is -0.399 e. The summed E-state index contributed by atoms with van der Waals surface area (Å²) in [6.07, 6.45) is 0.302. The highest BCUT2D eigenvalue weighted by Crippen LogP contribution is 2.36. The maximum atomic E-state index is 9.54. The molecule has 1 aromatic rings. The van der Waals surface area contributed by atoms with Crippen LogP contribution < -0.4 is 5.46 Å². The third kappa shape index (κ3) is 2.92. The first-order valence-corrected chi connectivity index (χ1v) is 7.25. The molecule has 0 aliphatic carbocycles. The average Bonchev–Trinajstić information content (AvgIpc) is 2.50. The minimum absolute atomic E-state index is 0.329. The van der Waals surface area contributed by atoms with E-state index >= 15 is 0 Å². The van der Waals surface area contributed by atoms with Gasteiger partial charge in [0.1, 0.15) is 0 Å². The summed E-state index contributed by atoms with van der Waals surface area (Å²) < 4.78 is 12.2. The second-order valence-electron chi connectivity index (χ2n) is 6.83. The van der Waals surface area contributed by atoms with E-state index in [0.717, 1.165) is 16.6 Å². The highest BCUT2D eigenvalue weighted by molar-refractivity contribution is 6.62. The molecule has 3 nitrogen and oxygen atoms in total. The molecule has 0 bridgehead atoms. The van der Waals surface area contributed by atoms with E-state index in [1.54, 1.807) is 6.92 Å². The van der Waals surface area contributed by atoms with E-state index in [1.165, 1.54) is 0 Å². The van der Waals surface area contributed by atoms with E-state index in [0.29, 0.717) is 6.42 Å². The quantitative estimate of drug-likeness (QED) is 0.860. The summed E-state index contributed by atoms with van der Waals surface area (Å²) in [5.41, 5.74) is 2.66. The highest BCUT2D eigenvalue weighted by atomic mass is 16.7. The van der Waals surface area contributed by atoms with Crippen molar-refractivity contribution in [1.82, 2.24) is 0 Å². The van der Waals surface area contributed by atoms with Gasteiger partial charge in [-0.1, -0.05) is 23.8 Å². The molecule has 1 unspecified atom stereocenters. The molecule has 20 heavy (non-hydrogen) atoms. The Morgan fingerprint density at radius 1 is 1.15 bits per heavy atom. The molecule has 0 radical (unpaired) electrons. The van der Waals surface area contributed by atoms with Gasteiger partial charge in [-0.25, -0.2) is 0 Å². The van der Waals surface area contributed by atoms with Crippen molar-refractivity contribution in [3.63, 3.8) is 0 Å². The van der Waals surface area contributed by atoms with Crippen molar-refractivity contribution in [3.8, 4) is 0 Å². The van der Waals surface area contributed by atoms with Crippen LogP contribution in [-0.2, 0) is 15.7 Å². The number of benzene rings is 1. The van der Waals surface area contributed by atoms with Gasteiger partial charge in [0.15, 0.2) is 0 Å². The lowest BCUT2D eigenvalue weighted by Gasteiger charge is -2.32. The second kappa shape index (κ2) is 5.17. The van der Waals surface area contributed by atoms with Crippen molar-refractivity contribution in [2.45, 2.75) is 65.3 Å². The van der Waals surface area contributed by atoms with E-state index in [4.69, 9.17) is 9.31 Å². The van der Waals surface area contributed by atoms with Gasteiger partial charge < -0.3 is 14.4 Å². The van der Waals surface area contributed by atoms with Crippen molar-refractivity contribution in [1.29, 1.82) is 0 Å². The van der Waals surface area contributed by atoms with Crippen LogP contribution in [0.15, 0.2) is 18.2 Å². The van der Waals surface area contributed by atoms with E-state index in [-0.39, 0.29) is 24.4 Å². The molecule has 0 spiro atoms. The molecule has 1 atom stereocenters. The molecule has 1 aromatic carbocycles. The lowest BCUT2D eigenvalue weighted by molar-refractivity contribution is 0.00578. The Balaban J connectivity index is 2.30. The zero-order valence-corrected chi connectivity index (χ0v) is 13.4. The molecule has 1 fully saturated rings. The summed E-state index contributed by atoms with van der Waals surface area (Å²) in [6, 6.07) is 6.21. The molecule has 0 amide bonds. The van der Waals surface area contributed by atoms with Crippen molar-refractivity contribution < 1.29 is 14.4 Å². The lowest BCUT2D eigenvalue weighted by atomic mass is 9.75. The van der Waals surface area contributed by atoms with Crippen LogP contribution in [0.1, 0.15) is 45.7 Å². The predicted molar refractivity (Wildman–Crippen MR) is 82.3 cm³/mol. The molecule has 110 valence electrons. The van der Waals surface area contributed by atoms with E-state index in [1.807, 2.05) is 0 Å². The zero-order chi connectivity index (χ0) is 15.1. The standard InChI is InChI=1S/C16H25BO3/c1-11-7-8-13(9-12(2)18)10-14(11)17-19-15(3,4)16(5,6)20-17/h7-8,10,12,18H,9H2,1-6H3. The van der Waals surface area contributed by atoms with E-state index in [2.05, 4.69) is 52.8 Å². The Morgan fingerprint density at radius 2 is 1.70 bits per heavy atom. The molecule has 2 rings (SSSR count). The Morgan fingerprint density at radius 3 is 2.20 bits per heavy atom. The Labute approximate surface area is 122 Å². The third-order valence-corrected chi connectivity index (χ3v) is 4.38. The minimum atomic E-state index is -0.344. The van der Waals surface area contributed by atoms with Gasteiger partial charge in [-0.3, -0.25) is 0 Å². The number of hydrogen-bond acceptors (Lipinski definition) is 3. The first-order chi connectivity index (χ1) is 9.12. The first-order valence-electron chi connectivity index (χ1n) is 7.25. The lowest BCUT2D eigenvalue weighted by Crippen LogP contribution is -2.41. The Kier molecular flexibility index (Phi) is 4.02. The highest BCUT2D eigenvalue weighted by Gasteiger charge is 2.52. The average molecular weight is 276 g/mol. The number of aliphatic hydroxyl groups excluding tert-OH is 1. The van der Waals surface area contributed by atoms with Gasteiger partial charge in [-0.15, -0.1) is 0 Å². The molecule has 1 saturated heterocycles. The second-order valence-corrected chi connectivity index (χ2v) is 6.83. The van der Waals surface area contributed by atoms with Crippen LogP contribution in [0, 0.1) is 6.92 Å². The van der Waals surface area contributed by atoms with E-state index in [9.17, 15) is 5.11 Å². The van der Waals surface area contributed by atoms with Crippen molar-refractivity contribution in [2.24, 2.45) is 0 Å². The summed E-state index contributed by atoms with van der Waals surface area (Å²) in [4.78, 5) is 0. The molecular formula is C16H25BO3. The van der Waals surface area contributed by atoms with Gasteiger partial charge in [0.2, 0.25) is 0 Å². The van der Waals surface area contributed by atoms with Crippen LogP contribution in [0.5, 0.6) is 0 Å². The molecule has 0 aromatic heterocycles. The SMILES string of the molecule is Cc1ccc(CC(C)O)cc1B1OC(C)(C)C(C)(C)O1. The predicted octanol–water partition coefficient (Wildman–Crippen LogP) is 2.22. The van der Waals surface area contributed by atoms with Crippen molar-refractivity contribution in [3.05, 3.63) is 29.3 Å². The summed E-state index contributed by atoms with van der Waals surface area (Å²) in [7, 11) is -0.339. The molecule has 1 N–H and O–H groups in total. The number of rotatable bonds is 3. The summed E-state index contributed by atoms with van der Waals surface area (Å²) in [6.45, 7) is 12.1. The zero-order valence-electron chi connectivity index (χ0n) is 13.4. The first kappa shape index (κ1) is 15.6. The van der Waals surface area contributed by atoms with Gasteiger partial charge in [0, 0.05) is 0 Å². The molecule has 1 heterocycles. The van der Waals surface area contributed by atoms with Gasteiger partial charge in [0.25, 0.3) is 0 Å². The van der Waals surface area contributed by atoms with Crippen LogP contribution in [-0.4, -0.2) is 29.5 Å². The summed E-state index contributed by atoms with van der Waals surface area (Å²) >= 11 is 0. The fourth-order valence-electron chi connectivity index (χ4n) is 2.38. The van der Waals surface area contributed by atoms with Crippen LogP contribution in [0.2, 0.25) is 0 Å². The van der Waals surface area contributed by atoms with Gasteiger partial charge in [-0.2, -0.15) is 0 Å². The monoisotopic (exact) mass is 276 g/mol. The smallest absolute Gasteiger partial charge is 0.399 e. The third-order valence-electron chi connectivity index (χ3n) is 4.38. The maximum absolute atomic E-state index is 9.54. The normalized spacial score (nSPS) is 22.1. The fraction of sp³-hybridized carbons (Fsp3) is 0.625. The van der Waals surface area contributed by atoms with Gasteiger partial charge in [-0.05, 0) is 59.0 Å². The van der Waals surface area contributed by atoms with Crippen LogP contribution in [0.3, 0.4) is 0 Å². The number of aryl methyl sites for hydroxylation is 1.